The Labute approximate surface area is 106 Å². The van der Waals surface area contributed by atoms with Crippen LogP contribution < -0.4 is 5.32 Å². The zero-order chi connectivity index (χ0) is 13.2. The van der Waals surface area contributed by atoms with Gasteiger partial charge in [-0.1, -0.05) is 0 Å². The smallest absolute Gasteiger partial charge is 0.175 e. The Morgan fingerprint density at radius 2 is 1.94 bits per heavy atom. The molecule has 18 heavy (non-hydrogen) atoms. The molecule has 5 nitrogen and oxygen atoms in total. The minimum atomic E-state index is -3.12. The molecule has 0 spiro atoms. The van der Waals surface area contributed by atoms with Crippen LogP contribution in [0.4, 0.5) is 5.69 Å². The van der Waals surface area contributed by atoms with Gasteiger partial charge in [-0.2, -0.15) is 5.10 Å². The molecule has 0 unspecified atom stereocenters. The van der Waals surface area contributed by atoms with Crippen molar-refractivity contribution in [3.8, 4) is 0 Å². The quantitative estimate of drug-likeness (QED) is 0.908. The van der Waals surface area contributed by atoms with Gasteiger partial charge >= 0.3 is 0 Å². The zero-order valence-corrected chi connectivity index (χ0v) is 11.1. The fourth-order valence-electron chi connectivity index (χ4n) is 1.59. The number of nitrogens with one attached hydrogen (secondary N) is 1. The van der Waals surface area contributed by atoms with Crippen LogP contribution in [-0.2, 0) is 23.4 Å². The van der Waals surface area contributed by atoms with E-state index >= 15 is 0 Å². The van der Waals surface area contributed by atoms with Crippen LogP contribution >= 0.6 is 0 Å². The van der Waals surface area contributed by atoms with Crippen molar-refractivity contribution in [2.45, 2.75) is 11.4 Å². The molecule has 0 atom stereocenters. The number of anilines is 1. The summed E-state index contributed by atoms with van der Waals surface area (Å²) in [6.45, 7) is 0.659. The van der Waals surface area contributed by atoms with Gasteiger partial charge in [-0.15, -0.1) is 0 Å². The van der Waals surface area contributed by atoms with Crippen molar-refractivity contribution < 1.29 is 8.42 Å². The lowest BCUT2D eigenvalue weighted by Gasteiger charge is -2.05. The second-order valence-electron chi connectivity index (χ2n) is 4.17. The van der Waals surface area contributed by atoms with E-state index in [0.29, 0.717) is 11.4 Å². The average molecular weight is 265 g/mol. The largest absolute Gasteiger partial charge is 0.381 e. The third kappa shape index (κ3) is 3.10. The highest BCUT2D eigenvalue weighted by Gasteiger charge is 2.05. The molecule has 2 aromatic rings. The molecule has 1 aromatic carbocycles. The van der Waals surface area contributed by atoms with Crippen LogP contribution in [0.25, 0.3) is 0 Å². The Kier molecular flexibility index (Phi) is 3.38. The van der Waals surface area contributed by atoms with Crippen LogP contribution in [0, 0.1) is 0 Å². The lowest BCUT2D eigenvalue weighted by Crippen LogP contribution is -2.00. The fraction of sp³-hybridized carbons (Fsp3) is 0.250. The predicted molar refractivity (Wildman–Crippen MR) is 70.1 cm³/mol. The van der Waals surface area contributed by atoms with E-state index in [-0.39, 0.29) is 0 Å². The number of sulfone groups is 1. The van der Waals surface area contributed by atoms with E-state index in [1.807, 2.05) is 13.2 Å². The highest BCUT2D eigenvalue weighted by molar-refractivity contribution is 7.90. The molecule has 0 bridgehead atoms. The maximum absolute atomic E-state index is 11.3. The van der Waals surface area contributed by atoms with Crippen molar-refractivity contribution in [3.05, 3.63) is 42.2 Å². The highest BCUT2D eigenvalue weighted by atomic mass is 32.2. The Balaban J connectivity index is 2.03. The van der Waals surface area contributed by atoms with Crippen molar-refractivity contribution in [1.29, 1.82) is 0 Å². The second-order valence-corrected chi connectivity index (χ2v) is 6.19. The van der Waals surface area contributed by atoms with Gasteiger partial charge in [-0.3, -0.25) is 4.68 Å². The molecule has 1 N–H and O–H groups in total. The van der Waals surface area contributed by atoms with Gasteiger partial charge < -0.3 is 5.32 Å². The number of benzene rings is 1. The first-order valence-electron chi connectivity index (χ1n) is 5.47. The summed E-state index contributed by atoms with van der Waals surface area (Å²) in [5.41, 5.74) is 1.95. The molecule has 1 aromatic heterocycles. The van der Waals surface area contributed by atoms with E-state index in [2.05, 4.69) is 10.4 Å². The summed E-state index contributed by atoms with van der Waals surface area (Å²) >= 11 is 0. The molecule has 96 valence electrons. The van der Waals surface area contributed by atoms with E-state index in [1.165, 1.54) is 6.26 Å². The number of aromatic nitrogens is 2. The van der Waals surface area contributed by atoms with Crippen molar-refractivity contribution in [3.63, 3.8) is 0 Å². The minimum absolute atomic E-state index is 0.328. The van der Waals surface area contributed by atoms with Crippen molar-refractivity contribution in [2.24, 2.45) is 7.05 Å². The van der Waals surface area contributed by atoms with E-state index in [9.17, 15) is 8.42 Å². The Morgan fingerprint density at radius 3 is 2.44 bits per heavy atom. The summed E-state index contributed by atoms with van der Waals surface area (Å²) in [6, 6.07) is 6.71. The number of aryl methyl sites for hydroxylation is 1. The van der Waals surface area contributed by atoms with E-state index in [0.717, 1.165) is 11.3 Å². The van der Waals surface area contributed by atoms with Gasteiger partial charge in [-0.05, 0) is 24.3 Å². The Morgan fingerprint density at radius 1 is 1.28 bits per heavy atom. The summed E-state index contributed by atoms with van der Waals surface area (Å²) in [6.07, 6.45) is 4.92. The molecule has 0 fully saturated rings. The third-order valence-corrected chi connectivity index (χ3v) is 3.67. The monoisotopic (exact) mass is 265 g/mol. The van der Waals surface area contributed by atoms with Crippen LogP contribution in [0.15, 0.2) is 41.6 Å². The molecule has 0 amide bonds. The summed E-state index contributed by atoms with van der Waals surface area (Å²) in [4.78, 5) is 0.328. The molecular weight excluding hydrogens is 250 g/mol. The second kappa shape index (κ2) is 4.81. The number of nitrogens with zero attached hydrogens (tertiary/aromatic N) is 2. The predicted octanol–water partition coefficient (Wildman–Crippen LogP) is 1.44. The first-order valence-corrected chi connectivity index (χ1v) is 7.36. The molecule has 0 aliphatic rings. The first-order chi connectivity index (χ1) is 8.45. The minimum Gasteiger partial charge on any atom is -0.381 e. The summed E-state index contributed by atoms with van der Waals surface area (Å²) in [7, 11) is -1.26. The van der Waals surface area contributed by atoms with Crippen LogP contribution in [0.5, 0.6) is 0 Å². The number of hydrogen-bond donors (Lipinski definition) is 1. The molecule has 0 aliphatic carbocycles. The fourth-order valence-corrected chi connectivity index (χ4v) is 2.22. The molecule has 6 heteroatoms. The maximum Gasteiger partial charge on any atom is 0.175 e. The van der Waals surface area contributed by atoms with Gasteiger partial charge in [0.15, 0.2) is 9.84 Å². The molecular formula is C12H15N3O2S. The van der Waals surface area contributed by atoms with Crippen molar-refractivity contribution >= 4 is 15.5 Å². The maximum atomic E-state index is 11.3. The van der Waals surface area contributed by atoms with Gasteiger partial charge in [0.1, 0.15) is 0 Å². The normalized spacial score (nSPS) is 11.4. The van der Waals surface area contributed by atoms with Crippen LogP contribution in [-0.4, -0.2) is 24.5 Å². The molecule has 1 heterocycles. The highest BCUT2D eigenvalue weighted by Crippen LogP contribution is 2.14. The Bertz CT molecular complexity index is 630. The van der Waals surface area contributed by atoms with Gasteiger partial charge in [0.25, 0.3) is 0 Å². The van der Waals surface area contributed by atoms with Crippen LogP contribution in [0.2, 0.25) is 0 Å². The van der Waals surface area contributed by atoms with Gasteiger partial charge in [0.2, 0.25) is 0 Å². The van der Waals surface area contributed by atoms with Gasteiger partial charge in [-0.25, -0.2) is 8.42 Å². The van der Waals surface area contributed by atoms with Crippen LogP contribution in [0.3, 0.4) is 0 Å². The average Bonchev–Trinajstić information content (AvgIpc) is 2.72. The molecule has 0 saturated carbocycles. The third-order valence-electron chi connectivity index (χ3n) is 2.54. The number of hydrogen-bond acceptors (Lipinski definition) is 4. The summed E-state index contributed by atoms with van der Waals surface area (Å²) in [5.74, 6) is 0. The van der Waals surface area contributed by atoms with E-state index < -0.39 is 9.84 Å². The van der Waals surface area contributed by atoms with Gasteiger partial charge in [0, 0.05) is 37.3 Å². The molecule has 0 saturated heterocycles. The topological polar surface area (TPSA) is 64.0 Å². The summed E-state index contributed by atoms with van der Waals surface area (Å²) < 4.78 is 24.3. The van der Waals surface area contributed by atoms with Crippen molar-refractivity contribution in [1.82, 2.24) is 9.78 Å². The summed E-state index contributed by atoms with van der Waals surface area (Å²) in [5, 5.41) is 7.28. The lowest BCUT2D eigenvalue weighted by atomic mass is 10.3. The SMILES string of the molecule is Cn1cc(CNc2ccc(S(C)(=O)=O)cc2)cn1. The van der Waals surface area contributed by atoms with Crippen LogP contribution in [0.1, 0.15) is 5.56 Å². The van der Waals surface area contributed by atoms with Gasteiger partial charge in [0.05, 0.1) is 11.1 Å². The number of rotatable bonds is 4. The van der Waals surface area contributed by atoms with Crippen molar-refractivity contribution in [2.75, 3.05) is 11.6 Å². The molecule has 2 rings (SSSR count). The first kappa shape index (κ1) is 12.6. The van der Waals surface area contributed by atoms with E-state index in [4.69, 9.17) is 0 Å². The van der Waals surface area contributed by atoms with E-state index in [1.54, 1.807) is 35.1 Å². The lowest BCUT2D eigenvalue weighted by molar-refractivity contribution is 0.602. The molecule has 0 radical (unpaired) electrons. The Hall–Kier alpha value is -1.82. The zero-order valence-electron chi connectivity index (χ0n) is 10.3. The standard InChI is InChI=1S/C12H15N3O2S/c1-15-9-10(8-14-15)7-13-11-3-5-12(6-4-11)18(2,16)17/h3-6,8-9,13H,7H2,1-2H3. The molecule has 0 aliphatic heterocycles.